The minimum absolute atomic E-state index is 0.115. The molecule has 104 valence electrons. The summed E-state index contributed by atoms with van der Waals surface area (Å²) >= 11 is 1.81. The Morgan fingerprint density at radius 3 is 3.00 bits per heavy atom. The summed E-state index contributed by atoms with van der Waals surface area (Å²) in [5.41, 5.74) is 7.84. The number of nitrogens with zero attached hydrogens (tertiary/aromatic N) is 1. The summed E-state index contributed by atoms with van der Waals surface area (Å²) in [4.78, 5) is 3.65. The molecule has 4 N–H and O–H groups in total. The first kappa shape index (κ1) is 13.1. The molecule has 0 bridgehead atoms. The number of thioether (sulfide) groups is 1. The van der Waals surface area contributed by atoms with E-state index in [-0.39, 0.29) is 4.99 Å². The molecule has 2 aliphatic rings. The Kier molecular flexibility index (Phi) is 3.60. The minimum Gasteiger partial charge on any atom is -0.399 e. The first-order valence-electron chi connectivity index (χ1n) is 6.99. The van der Waals surface area contributed by atoms with E-state index >= 15 is 0 Å². The van der Waals surface area contributed by atoms with Crippen LogP contribution in [0.4, 0.5) is 11.4 Å². The van der Waals surface area contributed by atoms with Crippen molar-refractivity contribution >= 4 is 23.1 Å². The van der Waals surface area contributed by atoms with Crippen LogP contribution in [-0.2, 0) is 0 Å². The van der Waals surface area contributed by atoms with Gasteiger partial charge in [0.1, 0.15) is 4.99 Å². The van der Waals surface area contributed by atoms with Crippen molar-refractivity contribution in [1.82, 2.24) is 10.2 Å². The van der Waals surface area contributed by atoms with Gasteiger partial charge >= 0.3 is 0 Å². The third-order valence-corrected chi connectivity index (χ3v) is 4.99. The largest absolute Gasteiger partial charge is 0.399 e. The van der Waals surface area contributed by atoms with Crippen molar-refractivity contribution in [2.45, 2.75) is 29.7 Å². The van der Waals surface area contributed by atoms with Crippen LogP contribution in [0, 0.1) is 0 Å². The highest BCUT2D eigenvalue weighted by molar-refractivity contribution is 8.01. The Bertz CT molecular complexity index is 459. The van der Waals surface area contributed by atoms with Gasteiger partial charge in [0.05, 0.1) is 5.69 Å². The maximum atomic E-state index is 5.83. The Morgan fingerprint density at radius 2 is 2.21 bits per heavy atom. The number of nitrogens with two attached hydrogens (primary N) is 1. The van der Waals surface area contributed by atoms with E-state index in [4.69, 9.17) is 5.73 Å². The van der Waals surface area contributed by atoms with E-state index in [1.807, 2.05) is 23.9 Å². The highest BCUT2D eigenvalue weighted by Gasteiger charge is 2.32. The molecule has 3 rings (SSSR count). The van der Waals surface area contributed by atoms with Gasteiger partial charge in [0.2, 0.25) is 0 Å². The highest BCUT2D eigenvalue weighted by Crippen LogP contribution is 2.44. The van der Waals surface area contributed by atoms with Crippen LogP contribution in [0.25, 0.3) is 0 Å². The Morgan fingerprint density at radius 1 is 1.42 bits per heavy atom. The Hall–Kier alpha value is -0.910. The number of nitrogens with one attached hydrogen (secondary N) is 2. The van der Waals surface area contributed by atoms with Crippen molar-refractivity contribution in [1.29, 1.82) is 0 Å². The van der Waals surface area contributed by atoms with Gasteiger partial charge < -0.3 is 16.0 Å². The summed E-state index contributed by atoms with van der Waals surface area (Å²) in [7, 11) is 0. The van der Waals surface area contributed by atoms with Gasteiger partial charge in [-0.05, 0) is 51.1 Å². The molecule has 0 saturated carbocycles. The van der Waals surface area contributed by atoms with Gasteiger partial charge in [0.15, 0.2) is 0 Å². The van der Waals surface area contributed by atoms with Crippen molar-refractivity contribution in [2.75, 3.05) is 37.2 Å². The predicted octanol–water partition coefficient (Wildman–Crippen LogP) is 2.15. The molecule has 5 heteroatoms. The molecule has 1 saturated heterocycles. The van der Waals surface area contributed by atoms with Gasteiger partial charge in [-0.2, -0.15) is 0 Å². The summed E-state index contributed by atoms with van der Waals surface area (Å²) in [6.45, 7) is 6.86. The van der Waals surface area contributed by atoms with Gasteiger partial charge in [0.25, 0.3) is 0 Å². The average molecular weight is 278 g/mol. The van der Waals surface area contributed by atoms with E-state index in [0.717, 1.165) is 18.8 Å². The third-order valence-electron chi connectivity index (χ3n) is 3.78. The first-order chi connectivity index (χ1) is 9.15. The topological polar surface area (TPSA) is 53.3 Å². The Labute approximate surface area is 119 Å². The first-order valence-corrected chi connectivity index (χ1v) is 7.80. The lowest BCUT2D eigenvalue weighted by molar-refractivity contribution is 0.329. The van der Waals surface area contributed by atoms with E-state index in [0.29, 0.717) is 0 Å². The van der Waals surface area contributed by atoms with Crippen LogP contribution in [0.15, 0.2) is 23.1 Å². The molecule has 19 heavy (non-hydrogen) atoms. The molecule has 1 aromatic carbocycles. The zero-order valence-electron chi connectivity index (χ0n) is 11.4. The third kappa shape index (κ3) is 2.99. The van der Waals surface area contributed by atoms with E-state index in [1.165, 1.54) is 36.5 Å². The number of benzene rings is 1. The van der Waals surface area contributed by atoms with E-state index < -0.39 is 0 Å². The van der Waals surface area contributed by atoms with Crippen LogP contribution in [0.1, 0.15) is 19.8 Å². The zero-order chi connectivity index (χ0) is 13.3. The van der Waals surface area contributed by atoms with Gasteiger partial charge in [-0.3, -0.25) is 5.32 Å². The standard InChI is InChI=1S/C14H22N4S/c1-14(16-6-9-18-7-2-3-8-18)17-12-5-4-11(15)10-13(12)19-14/h4-5,10,16-17H,2-3,6-9,15H2,1H3. The lowest BCUT2D eigenvalue weighted by Gasteiger charge is -2.27. The quantitative estimate of drug-likeness (QED) is 0.737. The van der Waals surface area contributed by atoms with E-state index in [1.54, 1.807) is 0 Å². The van der Waals surface area contributed by atoms with E-state index in [9.17, 15) is 0 Å². The van der Waals surface area contributed by atoms with Crippen LogP contribution < -0.4 is 16.4 Å². The highest BCUT2D eigenvalue weighted by atomic mass is 32.2. The fourth-order valence-electron chi connectivity index (χ4n) is 2.77. The van der Waals surface area contributed by atoms with Gasteiger partial charge in [-0.25, -0.2) is 0 Å². The van der Waals surface area contributed by atoms with Crippen molar-refractivity contribution in [2.24, 2.45) is 0 Å². The molecular formula is C14H22N4S. The molecule has 2 aliphatic heterocycles. The smallest absolute Gasteiger partial charge is 0.138 e. The minimum atomic E-state index is -0.115. The molecule has 0 radical (unpaired) electrons. The monoisotopic (exact) mass is 278 g/mol. The molecule has 0 amide bonds. The zero-order valence-corrected chi connectivity index (χ0v) is 12.2. The number of nitrogen functional groups attached to an aromatic ring is 1. The number of rotatable bonds is 4. The molecule has 4 nitrogen and oxygen atoms in total. The molecule has 0 aliphatic carbocycles. The molecule has 2 heterocycles. The summed E-state index contributed by atoms with van der Waals surface area (Å²) in [5, 5.41) is 7.16. The number of hydrogen-bond acceptors (Lipinski definition) is 5. The lowest BCUT2D eigenvalue weighted by Crippen LogP contribution is -2.46. The van der Waals surface area contributed by atoms with Crippen molar-refractivity contribution < 1.29 is 0 Å². The second kappa shape index (κ2) is 5.23. The lowest BCUT2D eigenvalue weighted by atomic mass is 10.3. The SMILES string of the molecule is CC1(NCCN2CCCC2)Nc2ccc(N)cc2S1. The molecule has 1 atom stereocenters. The Balaban J connectivity index is 1.54. The summed E-state index contributed by atoms with van der Waals surface area (Å²) in [6.07, 6.45) is 2.71. The van der Waals surface area contributed by atoms with Gasteiger partial charge in [-0.15, -0.1) is 0 Å². The van der Waals surface area contributed by atoms with E-state index in [2.05, 4.69) is 28.5 Å². The molecule has 1 fully saturated rings. The van der Waals surface area contributed by atoms with Crippen LogP contribution in [0.2, 0.25) is 0 Å². The molecule has 1 unspecified atom stereocenters. The second-order valence-electron chi connectivity index (χ2n) is 5.49. The predicted molar refractivity (Wildman–Crippen MR) is 82.4 cm³/mol. The normalized spacial score (nSPS) is 26.4. The van der Waals surface area contributed by atoms with Crippen LogP contribution >= 0.6 is 11.8 Å². The van der Waals surface area contributed by atoms with Crippen LogP contribution in [-0.4, -0.2) is 36.1 Å². The number of fused-ring (bicyclic) bond motifs is 1. The second-order valence-corrected chi connectivity index (χ2v) is 6.95. The fourth-order valence-corrected chi connectivity index (χ4v) is 3.97. The summed E-state index contributed by atoms with van der Waals surface area (Å²) in [6, 6.07) is 6.05. The molecule has 1 aromatic rings. The maximum Gasteiger partial charge on any atom is 0.138 e. The average Bonchev–Trinajstić information content (AvgIpc) is 2.95. The van der Waals surface area contributed by atoms with Crippen LogP contribution in [0.5, 0.6) is 0 Å². The number of hydrogen-bond donors (Lipinski definition) is 3. The molecular weight excluding hydrogens is 256 g/mol. The van der Waals surface area contributed by atoms with Crippen molar-refractivity contribution in [3.05, 3.63) is 18.2 Å². The number of likely N-dealkylation sites (tertiary alicyclic amines) is 1. The fraction of sp³-hybridized carbons (Fsp3) is 0.571. The van der Waals surface area contributed by atoms with Gasteiger partial charge in [0, 0.05) is 23.7 Å². The van der Waals surface area contributed by atoms with Gasteiger partial charge in [-0.1, -0.05) is 11.8 Å². The maximum absolute atomic E-state index is 5.83. The van der Waals surface area contributed by atoms with Crippen LogP contribution in [0.3, 0.4) is 0 Å². The number of anilines is 2. The molecule has 0 spiro atoms. The van der Waals surface area contributed by atoms with Crippen molar-refractivity contribution in [3.63, 3.8) is 0 Å². The molecule has 0 aromatic heterocycles. The van der Waals surface area contributed by atoms with Crippen molar-refractivity contribution in [3.8, 4) is 0 Å². The summed E-state index contributed by atoms with van der Waals surface area (Å²) in [5.74, 6) is 0. The summed E-state index contributed by atoms with van der Waals surface area (Å²) < 4.78 is 0.